The summed E-state index contributed by atoms with van der Waals surface area (Å²) in [5, 5.41) is 0. The molecule has 0 aromatic heterocycles. The molecule has 0 amide bonds. The molecule has 1 fully saturated rings. The fraction of sp³-hybridized carbons (Fsp3) is 0.278. The number of rotatable bonds is 3. The van der Waals surface area contributed by atoms with Crippen LogP contribution in [0.15, 0.2) is 48.5 Å². The van der Waals surface area contributed by atoms with E-state index >= 15 is 0 Å². The molecule has 0 aliphatic heterocycles. The third kappa shape index (κ3) is 2.33. The van der Waals surface area contributed by atoms with E-state index in [1.165, 1.54) is 24.8 Å². The van der Waals surface area contributed by atoms with E-state index in [9.17, 15) is 4.79 Å². The highest BCUT2D eigenvalue weighted by atomic mass is 16.1. The van der Waals surface area contributed by atoms with Crippen molar-refractivity contribution in [1.29, 1.82) is 0 Å². The predicted molar refractivity (Wildman–Crippen MR) is 77.6 cm³/mol. The summed E-state index contributed by atoms with van der Waals surface area (Å²) in [5.41, 5.74) is 4.01. The van der Waals surface area contributed by atoms with Crippen LogP contribution >= 0.6 is 0 Å². The molecule has 1 nitrogen and oxygen atoms in total. The van der Waals surface area contributed by atoms with E-state index in [4.69, 9.17) is 0 Å². The molecule has 0 unspecified atom stereocenters. The standard InChI is InChI=1S/C18H18O/c1-13-5-2-3-8-17(13)18(19)16-11-9-15(10-12-16)14-6-4-7-14/h2-3,5,8-12,14H,4,6-7H2,1H3. The van der Waals surface area contributed by atoms with Crippen LogP contribution in [0.1, 0.15) is 52.2 Å². The molecule has 0 saturated heterocycles. The molecular formula is C18H18O. The Kier molecular flexibility index (Phi) is 3.20. The van der Waals surface area contributed by atoms with E-state index in [-0.39, 0.29) is 5.78 Å². The molecule has 0 spiro atoms. The van der Waals surface area contributed by atoms with Gasteiger partial charge in [0.25, 0.3) is 0 Å². The average molecular weight is 250 g/mol. The first kappa shape index (κ1) is 12.2. The normalized spacial score (nSPS) is 15.0. The number of hydrogen-bond acceptors (Lipinski definition) is 1. The molecule has 0 radical (unpaired) electrons. The van der Waals surface area contributed by atoms with Crippen LogP contribution in [0.4, 0.5) is 0 Å². The minimum atomic E-state index is 0.123. The van der Waals surface area contributed by atoms with Gasteiger partial charge in [-0.05, 0) is 36.8 Å². The highest BCUT2D eigenvalue weighted by Crippen LogP contribution is 2.36. The number of ketones is 1. The first-order valence-corrected chi connectivity index (χ1v) is 6.96. The zero-order valence-electron chi connectivity index (χ0n) is 11.2. The summed E-state index contributed by atoms with van der Waals surface area (Å²) in [6.07, 6.45) is 3.94. The van der Waals surface area contributed by atoms with Crippen LogP contribution in [0, 0.1) is 6.92 Å². The fourth-order valence-electron chi connectivity index (χ4n) is 2.63. The molecule has 0 heterocycles. The van der Waals surface area contributed by atoms with Gasteiger partial charge in [0.15, 0.2) is 5.78 Å². The van der Waals surface area contributed by atoms with Gasteiger partial charge in [-0.2, -0.15) is 0 Å². The molecular weight excluding hydrogens is 232 g/mol. The van der Waals surface area contributed by atoms with Crippen LogP contribution in [0.3, 0.4) is 0 Å². The summed E-state index contributed by atoms with van der Waals surface area (Å²) >= 11 is 0. The second-order valence-electron chi connectivity index (χ2n) is 5.39. The lowest BCUT2D eigenvalue weighted by Crippen LogP contribution is -2.09. The number of hydrogen-bond donors (Lipinski definition) is 0. The second-order valence-corrected chi connectivity index (χ2v) is 5.39. The largest absolute Gasteiger partial charge is 0.289 e. The highest BCUT2D eigenvalue weighted by Gasteiger charge is 2.19. The van der Waals surface area contributed by atoms with Crippen molar-refractivity contribution in [3.05, 3.63) is 70.8 Å². The van der Waals surface area contributed by atoms with Crippen LogP contribution in [-0.4, -0.2) is 5.78 Å². The van der Waals surface area contributed by atoms with Crippen LogP contribution in [0.5, 0.6) is 0 Å². The van der Waals surface area contributed by atoms with Gasteiger partial charge in [-0.1, -0.05) is 55.0 Å². The monoisotopic (exact) mass is 250 g/mol. The molecule has 0 atom stereocenters. The van der Waals surface area contributed by atoms with E-state index in [1.807, 2.05) is 43.3 Å². The highest BCUT2D eigenvalue weighted by molar-refractivity contribution is 6.09. The van der Waals surface area contributed by atoms with Crippen molar-refractivity contribution in [2.24, 2.45) is 0 Å². The lowest BCUT2D eigenvalue weighted by Gasteiger charge is -2.25. The Hall–Kier alpha value is -1.89. The van der Waals surface area contributed by atoms with Gasteiger partial charge in [-0.3, -0.25) is 4.79 Å². The number of aryl methyl sites for hydroxylation is 1. The first-order chi connectivity index (χ1) is 9.25. The fourth-order valence-corrected chi connectivity index (χ4v) is 2.63. The number of carbonyl (C=O) groups excluding carboxylic acids is 1. The van der Waals surface area contributed by atoms with Crippen molar-refractivity contribution in [2.75, 3.05) is 0 Å². The van der Waals surface area contributed by atoms with Crippen molar-refractivity contribution < 1.29 is 4.79 Å². The Balaban J connectivity index is 1.86. The summed E-state index contributed by atoms with van der Waals surface area (Å²) in [7, 11) is 0. The molecule has 0 N–H and O–H groups in total. The molecule has 3 rings (SSSR count). The summed E-state index contributed by atoms with van der Waals surface area (Å²) in [4.78, 5) is 12.4. The average Bonchev–Trinajstić information content (AvgIpc) is 2.37. The van der Waals surface area contributed by atoms with Gasteiger partial charge in [-0.15, -0.1) is 0 Å². The van der Waals surface area contributed by atoms with Gasteiger partial charge in [0.2, 0.25) is 0 Å². The van der Waals surface area contributed by atoms with Crippen molar-refractivity contribution in [3.63, 3.8) is 0 Å². The van der Waals surface area contributed by atoms with Crippen LogP contribution < -0.4 is 0 Å². The molecule has 2 aromatic carbocycles. The molecule has 1 heteroatoms. The Morgan fingerprint density at radius 1 is 1.00 bits per heavy atom. The van der Waals surface area contributed by atoms with Crippen LogP contribution in [-0.2, 0) is 0 Å². The predicted octanol–water partition coefficient (Wildman–Crippen LogP) is 4.49. The molecule has 96 valence electrons. The van der Waals surface area contributed by atoms with Gasteiger partial charge in [0, 0.05) is 11.1 Å². The van der Waals surface area contributed by atoms with Crippen molar-refractivity contribution in [3.8, 4) is 0 Å². The van der Waals surface area contributed by atoms with Crippen molar-refractivity contribution in [2.45, 2.75) is 32.1 Å². The van der Waals surface area contributed by atoms with Crippen LogP contribution in [0.2, 0.25) is 0 Å². The van der Waals surface area contributed by atoms with Crippen molar-refractivity contribution in [1.82, 2.24) is 0 Å². The van der Waals surface area contributed by atoms with Gasteiger partial charge in [0.05, 0.1) is 0 Å². The minimum Gasteiger partial charge on any atom is -0.289 e. The minimum absolute atomic E-state index is 0.123. The maximum Gasteiger partial charge on any atom is 0.193 e. The summed E-state index contributed by atoms with van der Waals surface area (Å²) in [6, 6.07) is 16.0. The third-order valence-electron chi connectivity index (χ3n) is 4.14. The SMILES string of the molecule is Cc1ccccc1C(=O)c1ccc(C2CCC2)cc1. The quantitative estimate of drug-likeness (QED) is 0.733. The maximum atomic E-state index is 12.4. The molecule has 0 bridgehead atoms. The Labute approximate surface area is 114 Å². The van der Waals surface area contributed by atoms with Gasteiger partial charge in [-0.25, -0.2) is 0 Å². The lowest BCUT2D eigenvalue weighted by atomic mass is 9.80. The number of benzene rings is 2. The van der Waals surface area contributed by atoms with Gasteiger partial charge >= 0.3 is 0 Å². The Morgan fingerprint density at radius 3 is 2.26 bits per heavy atom. The van der Waals surface area contributed by atoms with E-state index in [1.54, 1.807) is 0 Å². The lowest BCUT2D eigenvalue weighted by molar-refractivity contribution is 0.103. The zero-order chi connectivity index (χ0) is 13.2. The topological polar surface area (TPSA) is 17.1 Å². The van der Waals surface area contributed by atoms with E-state index in [0.29, 0.717) is 0 Å². The Bertz CT molecular complexity index is 591. The Morgan fingerprint density at radius 2 is 1.68 bits per heavy atom. The third-order valence-corrected chi connectivity index (χ3v) is 4.14. The van der Waals surface area contributed by atoms with E-state index < -0.39 is 0 Å². The molecule has 19 heavy (non-hydrogen) atoms. The van der Waals surface area contributed by atoms with Crippen LogP contribution in [0.25, 0.3) is 0 Å². The summed E-state index contributed by atoms with van der Waals surface area (Å²) < 4.78 is 0. The summed E-state index contributed by atoms with van der Waals surface area (Å²) in [5.74, 6) is 0.848. The van der Waals surface area contributed by atoms with E-state index in [0.717, 1.165) is 22.6 Å². The van der Waals surface area contributed by atoms with Crippen molar-refractivity contribution >= 4 is 5.78 Å². The molecule has 1 aliphatic carbocycles. The smallest absolute Gasteiger partial charge is 0.193 e. The van der Waals surface area contributed by atoms with Gasteiger partial charge in [0.1, 0.15) is 0 Å². The van der Waals surface area contributed by atoms with E-state index in [2.05, 4.69) is 12.1 Å². The molecule has 1 aliphatic rings. The molecule has 2 aromatic rings. The summed E-state index contributed by atoms with van der Waals surface area (Å²) in [6.45, 7) is 1.98. The maximum absolute atomic E-state index is 12.4. The first-order valence-electron chi connectivity index (χ1n) is 6.96. The zero-order valence-corrected chi connectivity index (χ0v) is 11.2. The molecule has 1 saturated carbocycles. The second kappa shape index (κ2) is 5.00. The van der Waals surface area contributed by atoms with Gasteiger partial charge < -0.3 is 0 Å². The number of carbonyl (C=O) groups is 1.